The number of carbonyl (C=O) groups excluding carboxylic acids is 3. The van der Waals surface area contributed by atoms with Crippen LogP contribution in [0.5, 0.6) is 0 Å². The summed E-state index contributed by atoms with van der Waals surface area (Å²) < 4.78 is 0. The van der Waals surface area contributed by atoms with E-state index in [-0.39, 0.29) is 5.24 Å². The summed E-state index contributed by atoms with van der Waals surface area (Å²) in [4.78, 5) is 46.6. The highest BCUT2D eigenvalue weighted by Crippen LogP contribution is 2.18. The number of hydrogen-bond acceptors (Lipinski definition) is 5. The van der Waals surface area contributed by atoms with Crippen LogP contribution in [-0.4, -0.2) is 17.2 Å². The predicted molar refractivity (Wildman–Crippen MR) is 202 cm³/mol. The normalized spacial score (nSPS) is 10.4. The molecule has 0 spiro atoms. The molecule has 256 valence electrons. The number of halogens is 1. The molecule has 51 heavy (non-hydrogen) atoms. The molecule has 0 aliphatic rings. The lowest BCUT2D eigenvalue weighted by atomic mass is 10.00. The standard InChI is InChI=1S/C30H26O4.C15H13ClO/c31-29(27-17-9-7-15-25(27)21-19-23-11-3-1-4-12-23)33-34-30(32)28-18-10-8-16-26(28)22-20-24-13-5-2-6-14-24;16-15(17)14-9-5-4-8-13(14)11-10-12-6-2-1-3-7-12/h1-18H,19-22H2;1-9H,10-11H2. The summed E-state index contributed by atoms with van der Waals surface area (Å²) in [7, 11) is 0. The van der Waals surface area contributed by atoms with Crippen molar-refractivity contribution in [2.75, 3.05) is 0 Å². The Balaban J connectivity index is 0.000000248. The van der Waals surface area contributed by atoms with Gasteiger partial charge in [0.15, 0.2) is 0 Å². The van der Waals surface area contributed by atoms with Gasteiger partial charge in [0.2, 0.25) is 0 Å². The molecule has 0 atom stereocenters. The molecular formula is C45H39ClO5. The number of aryl methyl sites for hydroxylation is 6. The highest BCUT2D eigenvalue weighted by molar-refractivity contribution is 6.67. The van der Waals surface area contributed by atoms with Gasteiger partial charge in [-0.3, -0.25) is 4.79 Å². The highest BCUT2D eigenvalue weighted by Gasteiger charge is 2.19. The summed E-state index contributed by atoms with van der Waals surface area (Å²) in [5.41, 5.74) is 7.73. The lowest BCUT2D eigenvalue weighted by Gasteiger charge is -2.10. The molecule has 0 saturated heterocycles. The first kappa shape index (κ1) is 36.5. The average Bonchev–Trinajstić information content (AvgIpc) is 3.19. The van der Waals surface area contributed by atoms with Crippen LogP contribution in [0, 0.1) is 0 Å². The summed E-state index contributed by atoms with van der Waals surface area (Å²) in [5.74, 6) is -1.36. The molecule has 0 saturated carbocycles. The van der Waals surface area contributed by atoms with Crippen LogP contribution in [0.3, 0.4) is 0 Å². The minimum absolute atomic E-state index is 0.381. The molecule has 0 radical (unpaired) electrons. The molecule has 6 aromatic rings. The van der Waals surface area contributed by atoms with E-state index in [0.29, 0.717) is 29.5 Å². The molecular weight excluding hydrogens is 656 g/mol. The van der Waals surface area contributed by atoms with Gasteiger partial charge in [0, 0.05) is 5.56 Å². The summed E-state index contributed by atoms with van der Waals surface area (Å²) in [6, 6.07) is 52.3. The molecule has 0 fully saturated rings. The maximum absolute atomic E-state index is 12.7. The third-order valence-electron chi connectivity index (χ3n) is 8.47. The van der Waals surface area contributed by atoms with Gasteiger partial charge in [-0.1, -0.05) is 146 Å². The van der Waals surface area contributed by atoms with Crippen molar-refractivity contribution in [2.24, 2.45) is 0 Å². The van der Waals surface area contributed by atoms with Crippen molar-refractivity contribution in [2.45, 2.75) is 38.5 Å². The number of hydrogen-bond donors (Lipinski definition) is 0. The van der Waals surface area contributed by atoms with Crippen LogP contribution in [0.25, 0.3) is 0 Å². The number of rotatable bonds is 12. The van der Waals surface area contributed by atoms with E-state index >= 15 is 0 Å². The predicted octanol–water partition coefficient (Wildman–Crippen LogP) is 10.0. The van der Waals surface area contributed by atoms with E-state index in [0.717, 1.165) is 42.4 Å². The Kier molecular flexibility index (Phi) is 13.9. The Labute approximate surface area is 304 Å². The summed E-state index contributed by atoms with van der Waals surface area (Å²) >= 11 is 5.55. The Morgan fingerprint density at radius 2 is 0.627 bits per heavy atom. The van der Waals surface area contributed by atoms with E-state index in [1.807, 2.05) is 97.1 Å². The molecule has 0 unspecified atom stereocenters. The first-order chi connectivity index (χ1) is 25.0. The largest absolute Gasteiger partial charge is 0.386 e. The molecule has 6 heteroatoms. The molecule has 0 amide bonds. The van der Waals surface area contributed by atoms with Crippen molar-refractivity contribution in [3.63, 3.8) is 0 Å². The summed E-state index contributed by atoms with van der Waals surface area (Å²) in [5, 5.41) is -0.381. The van der Waals surface area contributed by atoms with Gasteiger partial charge in [0.25, 0.3) is 5.24 Å². The van der Waals surface area contributed by atoms with Crippen molar-refractivity contribution in [1.29, 1.82) is 0 Å². The quantitative estimate of drug-likeness (QED) is 0.0725. The number of benzene rings is 6. The molecule has 5 nitrogen and oxygen atoms in total. The smallest absolute Gasteiger partial charge is 0.276 e. The zero-order valence-corrected chi connectivity index (χ0v) is 29.0. The van der Waals surface area contributed by atoms with Crippen LogP contribution in [0.2, 0.25) is 0 Å². The van der Waals surface area contributed by atoms with E-state index in [1.165, 1.54) is 16.7 Å². The van der Waals surface area contributed by atoms with Crippen molar-refractivity contribution in [1.82, 2.24) is 0 Å². The molecule has 6 rings (SSSR count). The third kappa shape index (κ3) is 11.4. The fourth-order valence-corrected chi connectivity index (χ4v) is 5.93. The molecule has 0 aliphatic heterocycles. The van der Waals surface area contributed by atoms with Crippen LogP contribution in [0.15, 0.2) is 164 Å². The van der Waals surface area contributed by atoms with Crippen molar-refractivity contribution >= 4 is 28.8 Å². The second-order valence-electron chi connectivity index (χ2n) is 11.9. The van der Waals surface area contributed by atoms with Gasteiger partial charge in [0.1, 0.15) is 0 Å². The van der Waals surface area contributed by atoms with Gasteiger partial charge in [0.05, 0.1) is 11.1 Å². The van der Waals surface area contributed by atoms with E-state index in [1.54, 1.807) is 30.3 Å². The Bertz CT molecular complexity index is 1910. The van der Waals surface area contributed by atoms with Crippen molar-refractivity contribution in [3.8, 4) is 0 Å². The fraction of sp³-hybridized carbons (Fsp3) is 0.133. The molecule has 0 aromatic heterocycles. The monoisotopic (exact) mass is 694 g/mol. The van der Waals surface area contributed by atoms with Gasteiger partial charge in [-0.2, -0.15) is 0 Å². The highest BCUT2D eigenvalue weighted by atomic mass is 35.5. The maximum atomic E-state index is 12.7. The lowest BCUT2D eigenvalue weighted by Crippen LogP contribution is -2.15. The average molecular weight is 695 g/mol. The zero-order chi connectivity index (χ0) is 35.7. The Hall–Kier alpha value is -5.78. The minimum atomic E-state index is -0.682. The van der Waals surface area contributed by atoms with Crippen LogP contribution in [0.1, 0.15) is 64.5 Å². The summed E-state index contributed by atoms with van der Waals surface area (Å²) in [6.07, 6.45) is 4.68. The molecule has 0 bridgehead atoms. The molecule has 6 aromatic carbocycles. The van der Waals surface area contributed by atoms with E-state index in [9.17, 15) is 14.4 Å². The Morgan fingerprint density at radius 1 is 0.353 bits per heavy atom. The van der Waals surface area contributed by atoms with Gasteiger partial charge < -0.3 is 0 Å². The lowest BCUT2D eigenvalue weighted by molar-refractivity contribution is -0.187. The van der Waals surface area contributed by atoms with Crippen molar-refractivity contribution in [3.05, 3.63) is 214 Å². The topological polar surface area (TPSA) is 69.7 Å². The van der Waals surface area contributed by atoms with Gasteiger partial charge >= 0.3 is 11.9 Å². The minimum Gasteiger partial charge on any atom is -0.276 e. The third-order valence-corrected chi connectivity index (χ3v) is 8.68. The second kappa shape index (κ2) is 19.4. The number of carbonyl (C=O) groups is 3. The maximum Gasteiger partial charge on any atom is 0.386 e. The van der Waals surface area contributed by atoms with Crippen LogP contribution in [0.4, 0.5) is 0 Å². The van der Waals surface area contributed by atoms with E-state index in [2.05, 4.69) is 36.4 Å². The van der Waals surface area contributed by atoms with Crippen LogP contribution < -0.4 is 0 Å². The van der Waals surface area contributed by atoms with Gasteiger partial charge in [-0.05, 0) is 102 Å². The first-order valence-electron chi connectivity index (χ1n) is 17.0. The SMILES string of the molecule is O=C(Cl)c1ccccc1CCc1ccccc1.O=C(OOC(=O)c1ccccc1CCc1ccccc1)c1ccccc1CCc1ccccc1. The second-order valence-corrected chi connectivity index (χ2v) is 12.3. The summed E-state index contributed by atoms with van der Waals surface area (Å²) in [6.45, 7) is 0. The van der Waals surface area contributed by atoms with Gasteiger partial charge in [-0.25, -0.2) is 19.4 Å². The fourth-order valence-electron chi connectivity index (χ4n) is 5.74. The first-order valence-corrected chi connectivity index (χ1v) is 17.3. The van der Waals surface area contributed by atoms with E-state index in [4.69, 9.17) is 21.4 Å². The zero-order valence-electron chi connectivity index (χ0n) is 28.3. The molecule has 0 aliphatic carbocycles. The van der Waals surface area contributed by atoms with Crippen LogP contribution >= 0.6 is 11.6 Å². The Morgan fingerprint density at radius 3 is 0.961 bits per heavy atom. The van der Waals surface area contributed by atoms with Crippen molar-refractivity contribution < 1.29 is 24.2 Å². The molecule has 0 heterocycles. The van der Waals surface area contributed by atoms with Gasteiger partial charge in [-0.15, -0.1) is 0 Å². The van der Waals surface area contributed by atoms with Crippen LogP contribution in [-0.2, 0) is 48.3 Å². The van der Waals surface area contributed by atoms with E-state index < -0.39 is 11.9 Å². The molecule has 0 N–H and O–H groups in total.